The fraction of sp³-hybridized carbons (Fsp3) is 0.400. The highest BCUT2D eigenvalue weighted by molar-refractivity contribution is 5.86. The van der Waals surface area contributed by atoms with E-state index in [4.69, 9.17) is 0 Å². The molecule has 3 nitrogen and oxygen atoms in total. The molecule has 2 aromatic rings. The SMILES string of the molecule is CCN(CC)C(=O)C(C)c1cc2ccccc2[nH]1. The minimum Gasteiger partial charge on any atom is -0.358 e. The minimum atomic E-state index is -0.114. The maximum atomic E-state index is 12.3. The third-order valence-electron chi connectivity index (χ3n) is 3.46. The van der Waals surface area contributed by atoms with Crippen LogP contribution < -0.4 is 0 Å². The predicted molar refractivity (Wildman–Crippen MR) is 74.6 cm³/mol. The smallest absolute Gasteiger partial charge is 0.231 e. The van der Waals surface area contributed by atoms with Crippen molar-refractivity contribution in [2.45, 2.75) is 26.7 Å². The number of carbonyl (C=O) groups excluding carboxylic acids is 1. The Hall–Kier alpha value is -1.77. The van der Waals surface area contributed by atoms with Gasteiger partial charge in [-0.3, -0.25) is 4.79 Å². The highest BCUT2D eigenvalue weighted by Crippen LogP contribution is 2.22. The van der Waals surface area contributed by atoms with E-state index >= 15 is 0 Å². The lowest BCUT2D eigenvalue weighted by molar-refractivity contribution is -0.132. The number of aromatic nitrogens is 1. The van der Waals surface area contributed by atoms with Gasteiger partial charge in [0.05, 0.1) is 5.92 Å². The summed E-state index contributed by atoms with van der Waals surface area (Å²) in [5.74, 6) is 0.0730. The van der Waals surface area contributed by atoms with Crippen molar-refractivity contribution in [3.63, 3.8) is 0 Å². The highest BCUT2D eigenvalue weighted by atomic mass is 16.2. The molecule has 0 radical (unpaired) electrons. The highest BCUT2D eigenvalue weighted by Gasteiger charge is 2.21. The second-order valence-corrected chi connectivity index (χ2v) is 4.54. The van der Waals surface area contributed by atoms with E-state index in [0.29, 0.717) is 0 Å². The molecule has 0 spiro atoms. The molecule has 0 aliphatic carbocycles. The van der Waals surface area contributed by atoms with Gasteiger partial charge in [0, 0.05) is 24.3 Å². The van der Waals surface area contributed by atoms with E-state index in [-0.39, 0.29) is 11.8 Å². The average Bonchev–Trinajstić information content (AvgIpc) is 2.82. The number of hydrogen-bond donors (Lipinski definition) is 1. The van der Waals surface area contributed by atoms with Gasteiger partial charge in [-0.1, -0.05) is 18.2 Å². The maximum absolute atomic E-state index is 12.3. The molecule has 2 rings (SSSR count). The molecule has 1 amide bonds. The van der Waals surface area contributed by atoms with Crippen molar-refractivity contribution in [3.8, 4) is 0 Å². The van der Waals surface area contributed by atoms with Crippen LogP contribution in [-0.2, 0) is 4.79 Å². The van der Waals surface area contributed by atoms with Crippen molar-refractivity contribution < 1.29 is 4.79 Å². The summed E-state index contributed by atoms with van der Waals surface area (Å²) in [4.78, 5) is 17.5. The first-order valence-corrected chi connectivity index (χ1v) is 6.53. The predicted octanol–water partition coefficient (Wildman–Crippen LogP) is 3.14. The van der Waals surface area contributed by atoms with Crippen LogP contribution in [-0.4, -0.2) is 28.9 Å². The molecule has 0 aliphatic rings. The van der Waals surface area contributed by atoms with Crippen LogP contribution in [0.5, 0.6) is 0 Å². The molecule has 1 N–H and O–H groups in total. The Balaban J connectivity index is 2.27. The van der Waals surface area contributed by atoms with Gasteiger partial charge < -0.3 is 9.88 Å². The van der Waals surface area contributed by atoms with Crippen molar-refractivity contribution in [1.82, 2.24) is 9.88 Å². The average molecular weight is 244 g/mol. The lowest BCUT2D eigenvalue weighted by atomic mass is 10.1. The molecule has 18 heavy (non-hydrogen) atoms. The number of carbonyl (C=O) groups is 1. The molecule has 0 bridgehead atoms. The first-order valence-electron chi connectivity index (χ1n) is 6.53. The Morgan fingerprint density at radius 2 is 1.94 bits per heavy atom. The first-order chi connectivity index (χ1) is 8.67. The van der Waals surface area contributed by atoms with E-state index < -0.39 is 0 Å². The standard InChI is InChI=1S/C15H20N2O/c1-4-17(5-2)15(18)11(3)14-10-12-8-6-7-9-13(12)16-14/h6-11,16H,4-5H2,1-3H3. The zero-order valence-electron chi connectivity index (χ0n) is 11.2. The van der Waals surface area contributed by atoms with Crippen molar-refractivity contribution in [2.24, 2.45) is 0 Å². The summed E-state index contributed by atoms with van der Waals surface area (Å²) in [6, 6.07) is 10.2. The van der Waals surface area contributed by atoms with Crippen LogP contribution in [0, 0.1) is 0 Å². The van der Waals surface area contributed by atoms with E-state index in [1.54, 1.807) is 0 Å². The van der Waals surface area contributed by atoms with Gasteiger partial charge in [-0.05, 0) is 38.3 Å². The molecule has 1 heterocycles. The molecular weight excluding hydrogens is 224 g/mol. The fourth-order valence-corrected chi connectivity index (χ4v) is 2.27. The molecular formula is C15H20N2O. The Morgan fingerprint density at radius 1 is 1.28 bits per heavy atom. The van der Waals surface area contributed by atoms with E-state index in [2.05, 4.69) is 17.1 Å². The summed E-state index contributed by atoms with van der Waals surface area (Å²) in [7, 11) is 0. The van der Waals surface area contributed by atoms with Gasteiger partial charge in [-0.2, -0.15) is 0 Å². The number of H-pyrrole nitrogens is 1. The first kappa shape index (κ1) is 12.7. The number of likely N-dealkylation sites (N-methyl/N-ethyl adjacent to an activating group) is 1. The quantitative estimate of drug-likeness (QED) is 0.881. The largest absolute Gasteiger partial charge is 0.358 e. The summed E-state index contributed by atoms with van der Waals surface area (Å²) in [5.41, 5.74) is 2.08. The van der Waals surface area contributed by atoms with Gasteiger partial charge in [0.25, 0.3) is 0 Å². The minimum absolute atomic E-state index is 0.114. The summed E-state index contributed by atoms with van der Waals surface area (Å²) in [6.07, 6.45) is 0. The molecule has 0 fully saturated rings. The summed E-state index contributed by atoms with van der Waals surface area (Å²) in [6.45, 7) is 7.52. The number of benzene rings is 1. The lowest BCUT2D eigenvalue weighted by Crippen LogP contribution is -2.33. The number of nitrogens with zero attached hydrogens (tertiary/aromatic N) is 1. The van der Waals surface area contributed by atoms with Gasteiger partial charge >= 0.3 is 0 Å². The summed E-state index contributed by atoms with van der Waals surface area (Å²) >= 11 is 0. The molecule has 1 unspecified atom stereocenters. The van der Waals surface area contributed by atoms with Gasteiger partial charge in [-0.25, -0.2) is 0 Å². The Labute approximate surface area is 108 Å². The van der Waals surface area contributed by atoms with Crippen molar-refractivity contribution in [2.75, 3.05) is 13.1 Å². The van der Waals surface area contributed by atoms with Crippen LogP contribution in [0.25, 0.3) is 10.9 Å². The molecule has 0 saturated heterocycles. The van der Waals surface area contributed by atoms with Crippen LogP contribution in [0.15, 0.2) is 30.3 Å². The number of hydrogen-bond acceptors (Lipinski definition) is 1. The second-order valence-electron chi connectivity index (χ2n) is 4.54. The van der Waals surface area contributed by atoms with Crippen molar-refractivity contribution in [3.05, 3.63) is 36.0 Å². The molecule has 0 saturated carbocycles. The van der Waals surface area contributed by atoms with Crippen LogP contribution in [0.1, 0.15) is 32.4 Å². The monoisotopic (exact) mass is 244 g/mol. The van der Waals surface area contributed by atoms with Crippen LogP contribution in [0.3, 0.4) is 0 Å². The third-order valence-corrected chi connectivity index (χ3v) is 3.46. The molecule has 1 aromatic heterocycles. The number of nitrogens with one attached hydrogen (secondary N) is 1. The summed E-state index contributed by atoms with van der Waals surface area (Å²) in [5, 5.41) is 1.16. The van der Waals surface area contributed by atoms with Crippen molar-refractivity contribution >= 4 is 16.8 Å². The zero-order valence-corrected chi connectivity index (χ0v) is 11.2. The van der Waals surface area contributed by atoms with Gasteiger partial charge in [0.15, 0.2) is 0 Å². The van der Waals surface area contributed by atoms with Crippen LogP contribution in [0.4, 0.5) is 0 Å². The van der Waals surface area contributed by atoms with E-state index in [0.717, 1.165) is 29.7 Å². The lowest BCUT2D eigenvalue weighted by Gasteiger charge is -2.22. The number of amides is 1. The number of para-hydroxylation sites is 1. The number of aromatic amines is 1. The maximum Gasteiger partial charge on any atom is 0.231 e. The van der Waals surface area contributed by atoms with Gasteiger partial charge in [0.2, 0.25) is 5.91 Å². The van der Waals surface area contributed by atoms with Gasteiger partial charge in [-0.15, -0.1) is 0 Å². The fourth-order valence-electron chi connectivity index (χ4n) is 2.27. The van der Waals surface area contributed by atoms with E-state index in [9.17, 15) is 4.79 Å². The van der Waals surface area contributed by atoms with Crippen LogP contribution in [0.2, 0.25) is 0 Å². The molecule has 1 atom stereocenters. The van der Waals surface area contributed by atoms with Crippen molar-refractivity contribution in [1.29, 1.82) is 0 Å². The molecule has 1 aromatic carbocycles. The molecule has 96 valence electrons. The topological polar surface area (TPSA) is 36.1 Å². The number of rotatable bonds is 4. The third kappa shape index (κ3) is 2.26. The Bertz CT molecular complexity index is 507. The van der Waals surface area contributed by atoms with E-state index in [1.807, 2.05) is 43.9 Å². The second kappa shape index (κ2) is 5.25. The Kier molecular flexibility index (Phi) is 3.70. The number of fused-ring (bicyclic) bond motifs is 1. The van der Waals surface area contributed by atoms with Crippen LogP contribution >= 0.6 is 0 Å². The normalized spacial score (nSPS) is 12.6. The Morgan fingerprint density at radius 3 is 2.56 bits per heavy atom. The molecule has 3 heteroatoms. The molecule has 0 aliphatic heterocycles. The van der Waals surface area contributed by atoms with E-state index in [1.165, 1.54) is 0 Å². The van der Waals surface area contributed by atoms with Gasteiger partial charge in [0.1, 0.15) is 0 Å². The zero-order chi connectivity index (χ0) is 13.1. The summed E-state index contributed by atoms with van der Waals surface area (Å²) < 4.78 is 0.